The zero-order valence-corrected chi connectivity index (χ0v) is 19.7. The second kappa shape index (κ2) is 10.1. The molecule has 1 saturated heterocycles. The summed E-state index contributed by atoms with van der Waals surface area (Å²) in [5.41, 5.74) is 3.88. The average molecular weight is 458 g/mol. The van der Waals surface area contributed by atoms with Crippen molar-refractivity contribution in [3.63, 3.8) is 0 Å². The molecular weight excluding hydrogens is 426 g/mol. The zero-order valence-electron chi connectivity index (χ0n) is 19.7. The fraction of sp³-hybridized carbons (Fsp3) is 0.370. The summed E-state index contributed by atoms with van der Waals surface area (Å²) in [6.45, 7) is 3.11. The van der Waals surface area contributed by atoms with Gasteiger partial charge in [0.15, 0.2) is 5.82 Å². The molecule has 0 saturated carbocycles. The highest BCUT2D eigenvalue weighted by atomic mass is 16.5. The maximum absolute atomic E-state index is 13.1. The number of carbonyl (C=O) groups excluding carboxylic acids is 1. The van der Waals surface area contributed by atoms with Gasteiger partial charge >= 0.3 is 6.03 Å². The van der Waals surface area contributed by atoms with Gasteiger partial charge in [-0.1, -0.05) is 49.2 Å². The maximum atomic E-state index is 13.1. The molecule has 0 radical (unpaired) electrons. The van der Waals surface area contributed by atoms with Crippen LogP contribution in [0, 0.1) is 0 Å². The number of carbonyl (C=O) groups is 1. The van der Waals surface area contributed by atoms with E-state index in [9.17, 15) is 4.79 Å². The summed E-state index contributed by atoms with van der Waals surface area (Å²) in [5.74, 6) is 2.48. The molecule has 7 nitrogen and oxygen atoms in total. The van der Waals surface area contributed by atoms with Crippen LogP contribution in [0.25, 0.3) is 11.4 Å². The van der Waals surface area contributed by atoms with E-state index in [1.54, 1.807) is 7.11 Å². The molecule has 34 heavy (non-hydrogen) atoms. The average Bonchev–Trinajstić information content (AvgIpc) is 3.18. The Morgan fingerprint density at radius 2 is 1.74 bits per heavy atom. The quantitative estimate of drug-likeness (QED) is 0.589. The summed E-state index contributed by atoms with van der Waals surface area (Å²) in [7, 11) is 1.62. The molecule has 0 aliphatic carbocycles. The standard InChI is InChI=1S/C27H31N5O2/c1-34-22-13-9-12-21(18-22)28-27(33)32-17-14-24-23(19-32)26(31-15-7-2-3-8-16-31)30-25(29-24)20-10-5-4-6-11-20/h4-6,9-13,18H,2-3,7-8,14-17,19H2,1H3,(H,28,33). The Morgan fingerprint density at radius 1 is 0.941 bits per heavy atom. The molecule has 0 bridgehead atoms. The lowest BCUT2D eigenvalue weighted by Crippen LogP contribution is -2.40. The number of aromatic nitrogens is 2. The van der Waals surface area contributed by atoms with Crippen LogP contribution in [0.3, 0.4) is 0 Å². The van der Waals surface area contributed by atoms with Crippen molar-refractivity contribution in [2.45, 2.75) is 38.6 Å². The monoisotopic (exact) mass is 457 g/mol. The van der Waals surface area contributed by atoms with Crippen LogP contribution in [0.2, 0.25) is 0 Å². The van der Waals surface area contributed by atoms with E-state index in [4.69, 9.17) is 14.7 Å². The van der Waals surface area contributed by atoms with E-state index in [0.29, 0.717) is 25.3 Å². The topological polar surface area (TPSA) is 70.6 Å². The largest absolute Gasteiger partial charge is 0.497 e. The van der Waals surface area contributed by atoms with Crippen LogP contribution in [-0.4, -0.2) is 47.6 Å². The predicted octanol–water partition coefficient (Wildman–Crippen LogP) is 5.12. The van der Waals surface area contributed by atoms with E-state index in [-0.39, 0.29) is 6.03 Å². The summed E-state index contributed by atoms with van der Waals surface area (Å²) in [6.07, 6.45) is 5.55. The Morgan fingerprint density at radius 3 is 2.50 bits per heavy atom. The van der Waals surface area contributed by atoms with Gasteiger partial charge in [-0.2, -0.15) is 0 Å². The number of nitrogens with zero attached hydrogens (tertiary/aromatic N) is 4. The number of hydrogen-bond donors (Lipinski definition) is 1. The van der Waals surface area contributed by atoms with E-state index >= 15 is 0 Å². The van der Waals surface area contributed by atoms with E-state index in [1.165, 1.54) is 25.7 Å². The Hall–Kier alpha value is -3.61. The number of amides is 2. The third kappa shape index (κ3) is 4.83. The molecule has 7 heteroatoms. The van der Waals surface area contributed by atoms with E-state index < -0.39 is 0 Å². The first-order valence-electron chi connectivity index (χ1n) is 12.1. The third-order valence-electron chi connectivity index (χ3n) is 6.58. The number of urea groups is 1. The molecule has 1 fully saturated rings. The van der Waals surface area contributed by atoms with Gasteiger partial charge in [0.2, 0.25) is 0 Å². The van der Waals surface area contributed by atoms with Crippen LogP contribution in [-0.2, 0) is 13.0 Å². The molecule has 2 aromatic carbocycles. The minimum Gasteiger partial charge on any atom is -0.497 e. The molecule has 1 aromatic heterocycles. The summed E-state index contributed by atoms with van der Waals surface area (Å²) in [4.78, 5) is 27.4. The molecule has 176 valence electrons. The summed E-state index contributed by atoms with van der Waals surface area (Å²) in [6, 6.07) is 17.5. The van der Waals surface area contributed by atoms with Crippen molar-refractivity contribution in [2.24, 2.45) is 0 Å². The Labute approximate surface area is 200 Å². The van der Waals surface area contributed by atoms with Crippen LogP contribution in [0.1, 0.15) is 36.9 Å². The van der Waals surface area contributed by atoms with Gasteiger partial charge in [0, 0.05) is 48.9 Å². The fourth-order valence-corrected chi connectivity index (χ4v) is 4.73. The number of nitrogens with one attached hydrogen (secondary N) is 1. The molecular formula is C27H31N5O2. The summed E-state index contributed by atoms with van der Waals surface area (Å²) in [5, 5.41) is 3.02. The molecule has 2 amide bonds. The van der Waals surface area contributed by atoms with E-state index in [0.717, 1.165) is 47.2 Å². The predicted molar refractivity (Wildman–Crippen MR) is 134 cm³/mol. The van der Waals surface area contributed by atoms with Gasteiger partial charge in [-0.25, -0.2) is 14.8 Å². The minimum atomic E-state index is -0.118. The molecule has 1 N–H and O–H groups in total. The number of benzene rings is 2. The number of rotatable bonds is 4. The lowest BCUT2D eigenvalue weighted by molar-refractivity contribution is 0.206. The first-order valence-corrected chi connectivity index (χ1v) is 12.1. The van der Waals surface area contributed by atoms with Gasteiger partial charge in [0.05, 0.1) is 19.3 Å². The van der Waals surface area contributed by atoms with Gasteiger partial charge in [-0.3, -0.25) is 0 Å². The zero-order chi connectivity index (χ0) is 23.3. The van der Waals surface area contributed by atoms with Gasteiger partial charge in [-0.05, 0) is 25.0 Å². The lowest BCUT2D eigenvalue weighted by Gasteiger charge is -2.33. The number of anilines is 2. The van der Waals surface area contributed by atoms with Crippen LogP contribution >= 0.6 is 0 Å². The molecule has 5 rings (SSSR count). The van der Waals surface area contributed by atoms with Crippen molar-refractivity contribution >= 4 is 17.5 Å². The highest BCUT2D eigenvalue weighted by molar-refractivity contribution is 5.89. The Bertz CT molecular complexity index is 1140. The van der Waals surface area contributed by atoms with Crippen molar-refractivity contribution in [2.75, 3.05) is 37.0 Å². The van der Waals surface area contributed by atoms with Crippen molar-refractivity contribution in [3.05, 3.63) is 65.9 Å². The minimum absolute atomic E-state index is 0.118. The van der Waals surface area contributed by atoms with Gasteiger partial charge in [-0.15, -0.1) is 0 Å². The molecule has 3 aromatic rings. The summed E-state index contributed by atoms with van der Waals surface area (Å²) >= 11 is 0. The van der Waals surface area contributed by atoms with Crippen molar-refractivity contribution in [1.82, 2.24) is 14.9 Å². The van der Waals surface area contributed by atoms with Crippen LogP contribution in [0.5, 0.6) is 5.75 Å². The van der Waals surface area contributed by atoms with Crippen molar-refractivity contribution in [3.8, 4) is 17.1 Å². The normalized spacial score (nSPS) is 15.9. The Balaban J connectivity index is 1.44. The first-order chi connectivity index (χ1) is 16.7. The smallest absolute Gasteiger partial charge is 0.322 e. The SMILES string of the molecule is COc1cccc(NC(=O)N2CCc3nc(-c4ccccc4)nc(N4CCCCCC4)c3C2)c1. The molecule has 0 unspecified atom stereocenters. The molecule has 0 atom stereocenters. The number of fused-ring (bicyclic) bond motifs is 1. The van der Waals surface area contributed by atoms with Gasteiger partial charge < -0.3 is 19.9 Å². The second-order valence-corrected chi connectivity index (χ2v) is 8.90. The number of hydrogen-bond acceptors (Lipinski definition) is 5. The number of methoxy groups -OCH3 is 1. The highest BCUT2D eigenvalue weighted by Gasteiger charge is 2.28. The summed E-state index contributed by atoms with van der Waals surface area (Å²) < 4.78 is 5.28. The van der Waals surface area contributed by atoms with Crippen LogP contribution in [0.15, 0.2) is 54.6 Å². The van der Waals surface area contributed by atoms with Crippen LogP contribution < -0.4 is 15.0 Å². The van der Waals surface area contributed by atoms with E-state index in [1.807, 2.05) is 47.4 Å². The third-order valence-corrected chi connectivity index (χ3v) is 6.58. The van der Waals surface area contributed by atoms with Crippen molar-refractivity contribution in [1.29, 1.82) is 0 Å². The van der Waals surface area contributed by atoms with Crippen LogP contribution in [0.4, 0.5) is 16.3 Å². The van der Waals surface area contributed by atoms with E-state index in [2.05, 4.69) is 22.3 Å². The maximum Gasteiger partial charge on any atom is 0.322 e. The number of ether oxygens (including phenoxy) is 1. The van der Waals surface area contributed by atoms with Gasteiger partial charge in [0.1, 0.15) is 11.6 Å². The molecule has 2 aliphatic heterocycles. The first kappa shape index (κ1) is 22.2. The van der Waals surface area contributed by atoms with Gasteiger partial charge in [0.25, 0.3) is 0 Å². The lowest BCUT2D eigenvalue weighted by atomic mass is 10.0. The molecule has 2 aliphatic rings. The fourth-order valence-electron chi connectivity index (χ4n) is 4.73. The highest BCUT2D eigenvalue weighted by Crippen LogP contribution is 2.31. The second-order valence-electron chi connectivity index (χ2n) is 8.90. The molecule has 3 heterocycles. The Kier molecular flexibility index (Phi) is 6.60. The van der Waals surface area contributed by atoms with Crippen molar-refractivity contribution < 1.29 is 9.53 Å². The molecule has 0 spiro atoms.